The molecule has 0 radical (unpaired) electrons. The van der Waals surface area contributed by atoms with Crippen LogP contribution in [-0.4, -0.2) is 45.6 Å². The van der Waals surface area contributed by atoms with Gasteiger partial charge in [0.05, 0.1) is 18.1 Å². The summed E-state index contributed by atoms with van der Waals surface area (Å²) in [7, 11) is 0. The van der Waals surface area contributed by atoms with Crippen LogP contribution in [0.2, 0.25) is 0 Å². The quantitative estimate of drug-likeness (QED) is 0.0581. The van der Waals surface area contributed by atoms with E-state index in [1.807, 2.05) is 13.8 Å². The van der Waals surface area contributed by atoms with Crippen LogP contribution in [0.5, 0.6) is 0 Å². The van der Waals surface area contributed by atoms with Crippen molar-refractivity contribution in [1.29, 1.82) is 0 Å². The third-order valence-electron chi connectivity index (χ3n) is 7.64. The van der Waals surface area contributed by atoms with Gasteiger partial charge in [-0.05, 0) is 79.1 Å². The number of aliphatic hydroxyl groups is 2. The topological polar surface area (TPSA) is 112 Å². The van der Waals surface area contributed by atoms with Gasteiger partial charge in [-0.3, -0.25) is 9.78 Å². The van der Waals surface area contributed by atoms with Crippen LogP contribution in [-0.2, 0) is 29.1 Å². The van der Waals surface area contributed by atoms with Gasteiger partial charge in [0.2, 0.25) is 0 Å². The van der Waals surface area contributed by atoms with Gasteiger partial charge in [-0.15, -0.1) is 0 Å². The Morgan fingerprint density at radius 1 is 0.780 bits per heavy atom. The van der Waals surface area contributed by atoms with Crippen LogP contribution >= 0.6 is 0 Å². The van der Waals surface area contributed by atoms with E-state index in [1.54, 1.807) is 27.7 Å². The smallest absolute Gasteiger partial charge is 0.346 e. The first kappa shape index (κ1) is 37.5. The monoisotopic (exact) mass is 584 g/mol. The average Bonchev–Trinajstić information content (AvgIpc) is 2.87. The highest BCUT2D eigenvalue weighted by atomic mass is 17.2. The van der Waals surface area contributed by atoms with E-state index in [1.165, 1.54) is 25.7 Å². The minimum atomic E-state index is -0.754. The van der Waals surface area contributed by atoms with Crippen LogP contribution in [0, 0.1) is 17.8 Å². The highest BCUT2D eigenvalue weighted by Gasteiger charge is 2.35. The molecule has 0 fully saturated rings. The van der Waals surface area contributed by atoms with Crippen molar-refractivity contribution in [3.8, 4) is 0 Å². The number of hydrogen-bond donors (Lipinski definition) is 2. The molecule has 0 spiro atoms. The number of unbranched alkanes of at least 4 members (excludes halogenated alkanes) is 7. The van der Waals surface area contributed by atoms with Crippen molar-refractivity contribution in [2.24, 2.45) is 17.8 Å². The van der Waals surface area contributed by atoms with Crippen molar-refractivity contribution in [1.82, 2.24) is 0 Å². The molecule has 1 aliphatic rings. The van der Waals surface area contributed by atoms with E-state index >= 15 is 0 Å². The molecule has 240 valence electrons. The SMILES string of the molecule is CCCCCCC1C=CC(CCCCCCCC(=O)OOC(C)(C)CC(C)O)C(C(=O)OOC(C)(C)CC(C)O)C1. The van der Waals surface area contributed by atoms with Gasteiger partial charge in [-0.1, -0.05) is 70.4 Å². The van der Waals surface area contributed by atoms with E-state index < -0.39 is 23.4 Å². The molecule has 8 nitrogen and oxygen atoms in total. The third kappa shape index (κ3) is 17.9. The normalized spacial score (nSPS) is 21.0. The van der Waals surface area contributed by atoms with E-state index in [4.69, 9.17) is 19.6 Å². The zero-order valence-electron chi connectivity index (χ0n) is 27.0. The molecule has 0 saturated carbocycles. The zero-order valence-corrected chi connectivity index (χ0v) is 27.0. The van der Waals surface area contributed by atoms with E-state index in [0.29, 0.717) is 25.2 Å². The lowest BCUT2D eigenvalue weighted by molar-refractivity contribution is -0.332. The summed E-state index contributed by atoms with van der Waals surface area (Å²) in [5, 5.41) is 19.2. The fourth-order valence-electron chi connectivity index (χ4n) is 5.72. The first-order valence-electron chi connectivity index (χ1n) is 16.1. The summed E-state index contributed by atoms with van der Waals surface area (Å²) in [5.74, 6) is -0.428. The second kappa shape index (κ2) is 19.7. The molecule has 0 heterocycles. The van der Waals surface area contributed by atoms with Crippen molar-refractivity contribution < 1.29 is 39.4 Å². The predicted molar refractivity (Wildman–Crippen MR) is 160 cm³/mol. The Hall–Kier alpha value is -1.48. The summed E-state index contributed by atoms with van der Waals surface area (Å²) in [4.78, 5) is 46.1. The lowest BCUT2D eigenvalue weighted by Crippen LogP contribution is -2.34. The Morgan fingerprint density at radius 2 is 1.32 bits per heavy atom. The van der Waals surface area contributed by atoms with Gasteiger partial charge in [0.15, 0.2) is 0 Å². The maximum atomic E-state index is 13.2. The highest BCUT2D eigenvalue weighted by molar-refractivity contribution is 5.72. The van der Waals surface area contributed by atoms with Gasteiger partial charge in [0.25, 0.3) is 0 Å². The van der Waals surface area contributed by atoms with Crippen LogP contribution in [0.25, 0.3) is 0 Å². The van der Waals surface area contributed by atoms with Crippen molar-refractivity contribution in [3.63, 3.8) is 0 Å². The molecule has 0 bridgehead atoms. The number of hydrogen-bond acceptors (Lipinski definition) is 8. The van der Waals surface area contributed by atoms with E-state index in [9.17, 15) is 19.8 Å². The predicted octanol–water partition coefficient (Wildman–Crippen LogP) is 7.54. The molecule has 0 aromatic rings. The van der Waals surface area contributed by atoms with E-state index in [2.05, 4.69) is 19.1 Å². The van der Waals surface area contributed by atoms with Crippen molar-refractivity contribution >= 4 is 11.9 Å². The molecule has 41 heavy (non-hydrogen) atoms. The Bertz CT molecular complexity index is 758. The molecule has 5 atom stereocenters. The molecule has 2 N–H and O–H groups in total. The van der Waals surface area contributed by atoms with E-state index in [-0.39, 0.29) is 23.8 Å². The first-order chi connectivity index (χ1) is 19.2. The van der Waals surface area contributed by atoms with Gasteiger partial charge < -0.3 is 10.2 Å². The summed E-state index contributed by atoms with van der Waals surface area (Å²) in [6.07, 6.45) is 16.8. The molecule has 1 rings (SSSR count). The highest BCUT2D eigenvalue weighted by Crippen LogP contribution is 2.36. The molecule has 0 aromatic carbocycles. The van der Waals surface area contributed by atoms with Crippen LogP contribution in [0.15, 0.2) is 12.2 Å². The number of rotatable bonds is 22. The zero-order chi connectivity index (χ0) is 30.9. The van der Waals surface area contributed by atoms with Crippen molar-refractivity contribution in [3.05, 3.63) is 12.2 Å². The lowest BCUT2D eigenvalue weighted by atomic mass is 9.75. The number of aliphatic hydroxyl groups excluding tert-OH is 2. The van der Waals surface area contributed by atoms with Crippen molar-refractivity contribution in [2.45, 2.75) is 168 Å². The Balaban J connectivity index is 2.48. The fourth-order valence-corrected chi connectivity index (χ4v) is 5.72. The maximum absolute atomic E-state index is 13.2. The molecular formula is C33H60O8. The number of allylic oxidation sites excluding steroid dienone is 2. The second-order valence-corrected chi connectivity index (χ2v) is 13.5. The summed E-state index contributed by atoms with van der Waals surface area (Å²) in [6, 6.07) is 0. The van der Waals surface area contributed by atoms with E-state index in [0.717, 1.165) is 51.4 Å². The molecule has 5 unspecified atom stereocenters. The van der Waals surface area contributed by atoms with Gasteiger partial charge in [0, 0.05) is 19.3 Å². The third-order valence-corrected chi connectivity index (χ3v) is 7.64. The Labute approximate surface area is 249 Å². The Kier molecular flexibility index (Phi) is 18.0. The van der Waals surface area contributed by atoms with Gasteiger partial charge in [-0.2, -0.15) is 9.78 Å². The minimum absolute atomic E-state index is 0.120. The lowest BCUT2D eigenvalue weighted by Gasteiger charge is -2.31. The van der Waals surface area contributed by atoms with Crippen LogP contribution < -0.4 is 0 Å². The molecule has 0 aromatic heterocycles. The molecular weight excluding hydrogens is 524 g/mol. The van der Waals surface area contributed by atoms with Crippen LogP contribution in [0.4, 0.5) is 0 Å². The molecule has 0 saturated heterocycles. The average molecular weight is 585 g/mol. The summed E-state index contributed by atoms with van der Waals surface area (Å²) >= 11 is 0. The number of carbonyl (C=O) groups is 2. The van der Waals surface area contributed by atoms with Gasteiger partial charge in [0.1, 0.15) is 11.2 Å². The van der Waals surface area contributed by atoms with Crippen LogP contribution in [0.3, 0.4) is 0 Å². The van der Waals surface area contributed by atoms with Gasteiger partial charge in [-0.25, -0.2) is 9.59 Å². The van der Waals surface area contributed by atoms with Crippen LogP contribution in [0.1, 0.15) is 145 Å². The number of carbonyl (C=O) groups excluding carboxylic acids is 2. The maximum Gasteiger partial charge on any atom is 0.346 e. The molecule has 8 heteroatoms. The van der Waals surface area contributed by atoms with Crippen molar-refractivity contribution in [2.75, 3.05) is 0 Å². The molecule has 1 aliphatic carbocycles. The first-order valence-corrected chi connectivity index (χ1v) is 16.1. The summed E-state index contributed by atoms with van der Waals surface area (Å²) < 4.78 is 0. The Morgan fingerprint density at radius 3 is 1.93 bits per heavy atom. The molecule has 0 aliphatic heterocycles. The molecule has 0 amide bonds. The summed E-state index contributed by atoms with van der Waals surface area (Å²) in [5.41, 5.74) is -1.48. The van der Waals surface area contributed by atoms with Gasteiger partial charge >= 0.3 is 11.9 Å². The summed E-state index contributed by atoms with van der Waals surface area (Å²) in [6.45, 7) is 12.8. The standard InChI is InChI=1S/C33H60O8/c1-8-9-10-14-17-27-20-21-28(29(22-27)31(37)39-41-33(6,7)24-26(3)35)18-15-12-11-13-16-19-30(36)38-40-32(4,5)23-25(2)34/h20-21,25-29,34-35H,8-19,22-24H2,1-7H3. The minimum Gasteiger partial charge on any atom is -0.393 e. The second-order valence-electron chi connectivity index (χ2n) is 13.5. The fraction of sp³-hybridized carbons (Fsp3) is 0.879. The largest absolute Gasteiger partial charge is 0.393 e.